The van der Waals surface area contributed by atoms with Gasteiger partial charge in [0.05, 0.1) is 6.42 Å². The second-order valence-electron chi connectivity index (χ2n) is 2.45. The van der Waals surface area contributed by atoms with Gasteiger partial charge in [-0.15, -0.1) is 0 Å². The summed E-state index contributed by atoms with van der Waals surface area (Å²) in [6.45, 7) is 0. The van der Waals surface area contributed by atoms with Gasteiger partial charge in [0.25, 0.3) is 0 Å². The minimum atomic E-state index is -1.03. The average molecular weight is 178 g/mol. The zero-order chi connectivity index (χ0) is 9.84. The second kappa shape index (κ2) is 3.54. The molecule has 0 aliphatic carbocycles. The highest BCUT2D eigenvalue weighted by molar-refractivity contribution is 5.70. The predicted molar refractivity (Wildman–Crippen MR) is 43.1 cm³/mol. The van der Waals surface area contributed by atoms with Gasteiger partial charge in [0, 0.05) is 6.07 Å². The first kappa shape index (κ1) is 9.00. The van der Waals surface area contributed by atoms with Gasteiger partial charge in [-0.05, 0) is 11.6 Å². The van der Waals surface area contributed by atoms with Crippen LogP contribution in [0.1, 0.15) is 11.3 Å². The molecular weight excluding hydrogens is 172 g/mol. The molecule has 0 saturated heterocycles. The van der Waals surface area contributed by atoms with Crippen molar-refractivity contribution in [1.29, 1.82) is 5.26 Å². The molecule has 0 fully saturated rings. The molecule has 2 N–H and O–H groups in total. The molecule has 1 heterocycles. The number of nitrogens with zero attached hydrogens (tertiary/aromatic N) is 1. The molecule has 0 saturated carbocycles. The molecule has 0 atom stereocenters. The molecule has 0 amide bonds. The topological polar surface area (TPSA) is 93.9 Å². The number of H-pyrrole nitrogens is 1. The van der Waals surface area contributed by atoms with Crippen LogP contribution in [-0.2, 0) is 11.2 Å². The first-order valence-corrected chi connectivity index (χ1v) is 3.47. The third kappa shape index (κ3) is 2.45. The molecule has 0 radical (unpaired) electrons. The molecular formula is C8H6N2O3. The summed E-state index contributed by atoms with van der Waals surface area (Å²) in [4.78, 5) is 23.4. The lowest BCUT2D eigenvalue weighted by Gasteiger charge is -1.95. The van der Waals surface area contributed by atoms with Gasteiger partial charge in [0.2, 0.25) is 5.56 Å². The molecule has 0 aromatic carbocycles. The van der Waals surface area contributed by atoms with Gasteiger partial charge in [0.1, 0.15) is 11.8 Å². The number of nitrogens with one attached hydrogen (secondary N) is 1. The van der Waals surface area contributed by atoms with Crippen molar-refractivity contribution in [2.45, 2.75) is 6.42 Å². The van der Waals surface area contributed by atoms with Gasteiger partial charge in [0.15, 0.2) is 0 Å². The van der Waals surface area contributed by atoms with E-state index >= 15 is 0 Å². The molecule has 0 spiro atoms. The summed E-state index contributed by atoms with van der Waals surface area (Å²) >= 11 is 0. The number of hydrogen-bond donors (Lipinski definition) is 2. The summed E-state index contributed by atoms with van der Waals surface area (Å²) in [5.74, 6) is -1.03. The zero-order valence-electron chi connectivity index (χ0n) is 6.57. The number of aromatic amines is 1. The van der Waals surface area contributed by atoms with Crippen molar-refractivity contribution in [3.63, 3.8) is 0 Å². The Morgan fingerprint density at radius 1 is 1.62 bits per heavy atom. The number of nitriles is 1. The smallest absolute Gasteiger partial charge is 0.307 e. The summed E-state index contributed by atoms with van der Waals surface area (Å²) in [5, 5.41) is 16.9. The summed E-state index contributed by atoms with van der Waals surface area (Å²) in [5.41, 5.74) is -0.0631. The number of carbonyl (C=O) groups is 1. The average Bonchev–Trinajstić information content (AvgIpc) is 2.01. The third-order valence-corrected chi connectivity index (χ3v) is 1.38. The standard InChI is InChI=1S/C8H6N2O3/c9-4-6-1-5(3-8(12)13)2-7(11)10-6/h1-2H,3H2,(H,10,11)(H,12,13). The quantitative estimate of drug-likeness (QED) is 0.659. The Balaban J connectivity index is 3.10. The minimum absolute atomic E-state index is 0.0729. The SMILES string of the molecule is N#Cc1cc(CC(=O)O)cc(=O)[nH]1. The van der Waals surface area contributed by atoms with E-state index in [9.17, 15) is 9.59 Å². The molecule has 1 aromatic heterocycles. The first-order valence-electron chi connectivity index (χ1n) is 3.47. The van der Waals surface area contributed by atoms with E-state index in [4.69, 9.17) is 10.4 Å². The van der Waals surface area contributed by atoms with Crippen LogP contribution in [0.3, 0.4) is 0 Å². The van der Waals surface area contributed by atoms with E-state index in [1.807, 2.05) is 0 Å². The van der Waals surface area contributed by atoms with E-state index in [0.29, 0.717) is 5.56 Å². The molecule has 0 aliphatic rings. The van der Waals surface area contributed by atoms with Crippen molar-refractivity contribution in [2.24, 2.45) is 0 Å². The number of aromatic nitrogens is 1. The highest BCUT2D eigenvalue weighted by Crippen LogP contribution is 1.98. The van der Waals surface area contributed by atoms with Crippen molar-refractivity contribution in [2.75, 3.05) is 0 Å². The van der Waals surface area contributed by atoms with Crippen molar-refractivity contribution in [3.05, 3.63) is 33.7 Å². The number of pyridine rings is 1. The van der Waals surface area contributed by atoms with Gasteiger partial charge in [-0.2, -0.15) is 5.26 Å². The van der Waals surface area contributed by atoms with E-state index in [0.717, 1.165) is 6.07 Å². The molecule has 5 nitrogen and oxygen atoms in total. The highest BCUT2D eigenvalue weighted by atomic mass is 16.4. The van der Waals surface area contributed by atoms with Crippen LogP contribution in [-0.4, -0.2) is 16.1 Å². The van der Waals surface area contributed by atoms with Crippen LogP contribution in [0.2, 0.25) is 0 Å². The van der Waals surface area contributed by atoms with Crippen LogP contribution < -0.4 is 5.56 Å². The monoisotopic (exact) mass is 178 g/mol. The molecule has 0 bridgehead atoms. The van der Waals surface area contributed by atoms with Gasteiger partial charge in [-0.3, -0.25) is 9.59 Å². The fourth-order valence-electron chi connectivity index (χ4n) is 0.937. The Morgan fingerprint density at radius 2 is 2.31 bits per heavy atom. The number of carboxylic acids is 1. The van der Waals surface area contributed by atoms with Gasteiger partial charge in [-0.1, -0.05) is 0 Å². The van der Waals surface area contributed by atoms with Crippen molar-refractivity contribution in [1.82, 2.24) is 4.98 Å². The fourth-order valence-corrected chi connectivity index (χ4v) is 0.937. The Kier molecular flexibility index (Phi) is 2.45. The van der Waals surface area contributed by atoms with Crippen molar-refractivity contribution in [3.8, 4) is 6.07 Å². The number of hydrogen-bond acceptors (Lipinski definition) is 3. The lowest BCUT2D eigenvalue weighted by molar-refractivity contribution is -0.136. The third-order valence-electron chi connectivity index (χ3n) is 1.38. The van der Waals surface area contributed by atoms with Crippen molar-refractivity contribution >= 4 is 5.97 Å². The Morgan fingerprint density at radius 3 is 2.85 bits per heavy atom. The van der Waals surface area contributed by atoms with E-state index in [-0.39, 0.29) is 12.1 Å². The van der Waals surface area contributed by atoms with Crippen molar-refractivity contribution < 1.29 is 9.90 Å². The summed E-state index contributed by atoms with van der Waals surface area (Å²) < 4.78 is 0. The lowest BCUT2D eigenvalue weighted by Crippen LogP contribution is -2.10. The Bertz CT molecular complexity index is 428. The fraction of sp³-hybridized carbons (Fsp3) is 0.125. The zero-order valence-corrected chi connectivity index (χ0v) is 6.57. The largest absolute Gasteiger partial charge is 0.481 e. The van der Waals surface area contributed by atoms with Crippen LogP contribution in [0, 0.1) is 11.3 Å². The Labute approximate surface area is 73.3 Å². The molecule has 5 heteroatoms. The summed E-state index contributed by atoms with van der Waals surface area (Å²) in [7, 11) is 0. The number of carboxylic acid groups (broad SMARTS) is 1. The summed E-state index contributed by atoms with van der Waals surface area (Å²) in [6.07, 6.45) is -0.251. The van der Waals surface area contributed by atoms with Gasteiger partial charge in [-0.25, -0.2) is 0 Å². The van der Waals surface area contributed by atoms with E-state index in [2.05, 4.69) is 4.98 Å². The van der Waals surface area contributed by atoms with Gasteiger partial charge >= 0.3 is 5.97 Å². The van der Waals surface area contributed by atoms with E-state index < -0.39 is 11.5 Å². The summed E-state index contributed by atoms with van der Waals surface area (Å²) in [6, 6.07) is 4.24. The minimum Gasteiger partial charge on any atom is -0.481 e. The second-order valence-corrected chi connectivity index (χ2v) is 2.45. The predicted octanol–water partition coefficient (Wildman–Crippen LogP) is -0.126. The molecule has 0 aliphatic heterocycles. The first-order chi connectivity index (χ1) is 6.11. The van der Waals surface area contributed by atoms with Crippen LogP contribution in [0.15, 0.2) is 16.9 Å². The normalized spacial score (nSPS) is 9.15. The Hall–Kier alpha value is -2.09. The van der Waals surface area contributed by atoms with Crippen LogP contribution >= 0.6 is 0 Å². The molecule has 1 aromatic rings. The van der Waals surface area contributed by atoms with Crippen LogP contribution in [0.5, 0.6) is 0 Å². The molecule has 0 unspecified atom stereocenters. The maximum atomic E-state index is 10.9. The molecule has 1 rings (SSSR count). The van der Waals surface area contributed by atoms with E-state index in [1.165, 1.54) is 6.07 Å². The molecule has 13 heavy (non-hydrogen) atoms. The van der Waals surface area contributed by atoms with Crippen LogP contribution in [0.4, 0.5) is 0 Å². The number of rotatable bonds is 2. The molecule has 66 valence electrons. The highest BCUT2D eigenvalue weighted by Gasteiger charge is 2.02. The number of aliphatic carboxylic acids is 1. The lowest BCUT2D eigenvalue weighted by atomic mass is 10.2. The van der Waals surface area contributed by atoms with E-state index in [1.54, 1.807) is 6.07 Å². The van der Waals surface area contributed by atoms with Crippen LogP contribution in [0.25, 0.3) is 0 Å². The maximum Gasteiger partial charge on any atom is 0.307 e. The van der Waals surface area contributed by atoms with Gasteiger partial charge < -0.3 is 10.1 Å². The maximum absolute atomic E-state index is 10.9.